The fourth-order valence-electron chi connectivity index (χ4n) is 4.05. The molecule has 4 aromatic rings. The van der Waals surface area contributed by atoms with Crippen molar-refractivity contribution in [2.75, 3.05) is 13.2 Å². The first-order valence-corrected chi connectivity index (χ1v) is 10.7. The molecule has 0 aliphatic carbocycles. The summed E-state index contributed by atoms with van der Waals surface area (Å²) in [6.07, 6.45) is 1.49. The fourth-order valence-corrected chi connectivity index (χ4v) is 4.05. The molecule has 2 N–H and O–H groups in total. The van der Waals surface area contributed by atoms with Crippen molar-refractivity contribution in [3.05, 3.63) is 101 Å². The molecular formula is C26H25ClF2N2O4. The number of pyridine rings is 1. The van der Waals surface area contributed by atoms with E-state index in [2.05, 4.69) is 4.98 Å². The van der Waals surface area contributed by atoms with Crippen LogP contribution in [0.2, 0.25) is 0 Å². The van der Waals surface area contributed by atoms with Crippen molar-refractivity contribution >= 4 is 23.8 Å². The molecule has 0 fully saturated rings. The molecular weight excluding hydrogens is 478 g/mol. The lowest BCUT2D eigenvalue weighted by Crippen LogP contribution is -2.37. The van der Waals surface area contributed by atoms with Gasteiger partial charge in [0.25, 0.3) is 0 Å². The summed E-state index contributed by atoms with van der Waals surface area (Å²) in [7, 11) is 0. The van der Waals surface area contributed by atoms with Gasteiger partial charge in [-0.15, -0.1) is 12.4 Å². The number of ketones is 1. The minimum atomic E-state index is -1.16. The highest BCUT2D eigenvalue weighted by atomic mass is 35.5. The molecule has 0 aliphatic heterocycles. The summed E-state index contributed by atoms with van der Waals surface area (Å²) in [6.45, 7) is 0.483. The van der Waals surface area contributed by atoms with Gasteiger partial charge in [0.2, 0.25) is 0 Å². The van der Waals surface area contributed by atoms with E-state index in [1.165, 1.54) is 6.07 Å². The summed E-state index contributed by atoms with van der Waals surface area (Å²) in [5.41, 5.74) is 0.304. The van der Waals surface area contributed by atoms with Crippen molar-refractivity contribution in [3.63, 3.8) is 0 Å². The van der Waals surface area contributed by atoms with Crippen LogP contribution in [0.3, 0.4) is 0 Å². The Morgan fingerprint density at radius 1 is 1.00 bits per heavy atom. The van der Waals surface area contributed by atoms with E-state index in [1.807, 2.05) is 6.07 Å². The number of benzene rings is 2. The van der Waals surface area contributed by atoms with Gasteiger partial charge in [-0.25, -0.2) is 13.8 Å². The zero-order valence-corrected chi connectivity index (χ0v) is 19.8. The molecule has 0 saturated heterocycles. The van der Waals surface area contributed by atoms with E-state index in [4.69, 9.17) is 4.74 Å². The Morgan fingerprint density at radius 2 is 1.66 bits per heavy atom. The molecule has 0 aliphatic rings. The van der Waals surface area contributed by atoms with Gasteiger partial charge < -0.3 is 14.9 Å². The molecule has 2 aromatic heterocycles. The number of carbonyl (C=O) groups excluding carboxylic acids is 1. The molecule has 35 heavy (non-hydrogen) atoms. The lowest BCUT2D eigenvalue weighted by atomic mass is 9.77. The number of imidazole rings is 1. The van der Waals surface area contributed by atoms with Crippen molar-refractivity contribution in [3.8, 4) is 5.75 Å². The van der Waals surface area contributed by atoms with Crippen LogP contribution in [0, 0.1) is 18.6 Å². The molecule has 2 aromatic carbocycles. The Labute approximate surface area is 207 Å². The Morgan fingerprint density at radius 3 is 2.29 bits per heavy atom. The summed E-state index contributed by atoms with van der Waals surface area (Å²) < 4.78 is 35.2. The Bertz CT molecular complexity index is 1300. The smallest absolute Gasteiger partial charge is 0.182 e. The van der Waals surface area contributed by atoms with Crippen molar-refractivity contribution in [2.24, 2.45) is 0 Å². The number of carbonyl (C=O) groups is 1. The number of fused-ring (bicyclic) bond motifs is 1. The van der Waals surface area contributed by atoms with E-state index in [-0.39, 0.29) is 48.2 Å². The van der Waals surface area contributed by atoms with Gasteiger partial charge in [-0.05, 0) is 36.8 Å². The third-order valence-corrected chi connectivity index (χ3v) is 5.98. The average molecular weight is 503 g/mol. The molecule has 0 amide bonds. The van der Waals surface area contributed by atoms with E-state index in [9.17, 15) is 23.8 Å². The molecule has 0 radical (unpaired) electrons. The van der Waals surface area contributed by atoms with E-state index < -0.39 is 30.3 Å². The highest BCUT2D eigenvalue weighted by molar-refractivity contribution is 5.97. The second-order valence-corrected chi connectivity index (χ2v) is 8.16. The predicted octanol–water partition coefficient (Wildman–Crippen LogP) is 4.42. The van der Waals surface area contributed by atoms with Gasteiger partial charge in [-0.1, -0.05) is 36.4 Å². The number of nitrogens with zero attached hydrogens (tertiary/aromatic N) is 2. The maximum atomic E-state index is 14.0. The summed E-state index contributed by atoms with van der Waals surface area (Å²) in [5.74, 6) is -1.50. The number of hydrogen-bond acceptors (Lipinski definition) is 5. The quantitative estimate of drug-likeness (QED) is 0.331. The number of aliphatic hydroxyl groups excluding tert-OH is 2. The van der Waals surface area contributed by atoms with E-state index >= 15 is 0 Å². The third kappa shape index (κ3) is 5.05. The Kier molecular flexibility index (Phi) is 8.22. The van der Waals surface area contributed by atoms with Crippen LogP contribution in [0.1, 0.15) is 33.7 Å². The van der Waals surface area contributed by atoms with Crippen molar-refractivity contribution in [1.29, 1.82) is 0 Å². The second kappa shape index (κ2) is 10.9. The first-order valence-electron chi connectivity index (χ1n) is 10.7. The van der Waals surface area contributed by atoms with Crippen LogP contribution >= 0.6 is 12.4 Å². The number of halogens is 3. The van der Waals surface area contributed by atoms with Crippen LogP contribution in [-0.2, 0) is 12.0 Å². The largest absolute Gasteiger partial charge is 0.485 e. The summed E-state index contributed by atoms with van der Waals surface area (Å²) >= 11 is 0. The Hall–Kier alpha value is -3.33. The second-order valence-electron chi connectivity index (χ2n) is 8.16. The highest BCUT2D eigenvalue weighted by Crippen LogP contribution is 2.31. The summed E-state index contributed by atoms with van der Waals surface area (Å²) in [4.78, 5) is 17.9. The van der Waals surface area contributed by atoms with Crippen LogP contribution < -0.4 is 4.74 Å². The number of rotatable bonds is 9. The van der Waals surface area contributed by atoms with E-state index in [0.29, 0.717) is 16.9 Å². The zero-order chi connectivity index (χ0) is 24.3. The van der Waals surface area contributed by atoms with E-state index in [1.54, 1.807) is 53.9 Å². The number of hydrogen-bond donors (Lipinski definition) is 2. The van der Waals surface area contributed by atoms with Gasteiger partial charge in [0, 0.05) is 18.0 Å². The fraction of sp³-hybridized carbons (Fsp3) is 0.231. The maximum absolute atomic E-state index is 14.0. The monoisotopic (exact) mass is 502 g/mol. The van der Waals surface area contributed by atoms with Gasteiger partial charge >= 0.3 is 0 Å². The standard InChI is InChI=1S/C26H24F2N2O4.ClH/c1-17-24(22(33)13-26(15-31,16-32)18-7-3-2-4-8-18)30-12-6-11-23(25(30)29-17)34-14-19-20(27)9-5-10-21(19)28;/h2-12,31-32H,13-16H2,1H3;1H. The van der Waals surface area contributed by atoms with Gasteiger partial charge in [-0.3, -0.25) is 9.20 Å². The lowest BCUT2D eigenvalue weighted by Gasteiger charge is -2.29. The minimum absolute atomic E-state index is 0. The zero-order valence-electron chi connectivity index (χ0n) is 18.9. The molecule has 0 unspecified atom stereocenters. The first-order chi connectivity index (χ1) is 16.4. The number of Topliss-reactive ketones (excluding diaryl/α,β-unsaturated/α-hetero) is 1. The van der Waals surface area contributed by atoms with Crippen LogP contribution in [0.5, 0.6) is 5.75 Å². The number of aliphatic hydroxyl groups is 2. The average Bonchev–Trinajstić information content (AvgIpc) is 3.19. The van der Waals surface area contributed by atoms with Crippen LogP contribution in [0.15, 0.2) is 66.9 Å². The number of aromatic nitrogens is 2. The molecule has 4 rings (SSSR count). The molecule has 9 heteroatoms. The topological polar surface area (TPSA) is 84.1 Å². The van der Waals surface area contributed by atoms with Gasteiger partial charge in [0.15, 0.2) is 17.2 Å². The summed E-state index contributed by atoms with van der Waals surface area (Å²) in [6, 6.07) is 15.7. The molecule has 2 heterocycles. The van der Waals surface area contributed by atoms with Gasteiger partial charge in [0.1, 0.15) is 23.9 Å². The Balaban J connectivity index is 0.00000342. The number of ether oxygens (including phenoxy) is 1. The normalized spacial score (nSPS) is 11.3. The third-order valence-electron chi connectivity index (χ3n) is 5.98. The molecule has 0 spiro atoms. The first kappa shape index (κ1) is 26.3. The van der Waals surface area contributed by atoms with Gasteiger partial charge in [0.05, 0.1) is 24.5 Å². The van der Waals surface area contributed by atoms with Crippen LogP contribution in [0.25, 0.3) is 5.65 Å². The van der Waals surface area contributed by atoms with Crippen LogP contribution in [0.4, 0.5) is 8.78 Å². The SMILES string of the molecule is Cc1nc2c(OCc3c(F)cccc3F)cccn2c1C(=O)CC(CO)(CO)c1ccccc1.Cl. The number of aryl methyl sites for hydroxylation is 1. The van der Waals surface area contributed by atoms with Crippen molar-refractivity contribution in [1.82, 2.24) is 9.38 Å². The molecule has 184 valence electrons. The van der Waals surface area contributed by atoms with Gasteiger partial charge in [-0.2, -0.15) is 0 Å². The maximum Gasteiger partial charge on any atom is 0.182 e. The summed E-state index contributed by atoms with van der Waals surface area (Å²) in [5, 5.41) is 20.2. The highest BCUT2D eigenvalue weighted by Gasteiger charge is 2.35. The molecule has 0 saturated carbocycles. The van der Waals surface area contributed by atoms with Crippen molar-refractivity contribution < 1.29 is 28.5 Å². The molecule has 0 bridgehead atoms. The predicted molar refractivity (Wildman–Crippen MR) is 129 cm³/mol. The lowest BCUT2D eigenvalue weighted by molar-refractivity contribution is 0.0782. The van der Waals surface area contributed by atoms with E-state index in [0.717, 1.165) is 12.1 Å². The van der Waals surface area contributed by atoms with Crippen LogP contribution in [-0.4, -0.2) is 38.6 Å². The van der Waals surface area contributed by atoms with Crippen molar-refractivity contribution in [2.45, 2.75) is 25.4 Å². The molecule has 0 atom stereocenters. The molecule has 6 nitrogen and oxygen atoms in total. The minimum Gasteiger partial charge on any atom is -0.485 e.